The Bertz CT molecular complexity index is 3890. The van der Waals surface area contributed by atoms with Crippen LogP contribution in [0.4, 0.5) is 0 Å². The molecule has 476 valence electrons. The molecule has 2 heterocycles. The second-order valence-electron chi connectivity index (χ2n) is 16.3. The molecule has 0 aliphatic rings. The summed E-state index contributed by atoms with van der Waals surface area (Å²) in [6.45, 7) is 5.41. The molecule has 0 bridgehead atoms. The number of aryl methyl sites for hydroxylation is 2. The summed E-state index contributed by atoms with van der Waals surface area (Å²) in [7, 11) is 56.5. The minimum absolute atomic E-state index is 0.287. The number of fused-ring (bicyclic) bond motifs is 2. The van der Waals surface area contributed by atoms with Crippen molar-refractivity contribution in [2.24, 2.45) is 19.8 Å². The SMILES string of the molecule is CCCCCCCCCCCCCC(=O)c1cc2ccccc2n1C.CCCCCCCCCCCCN.Cn1c(C(=O)O)cc2ccccc21.S=S=S=S=S=S=S=S=S=S=S=S=S=S=S=S=S=S=S=S=S=S=S=S=S=S=S=S=S=S=S=S. The zero-order valence-electron chi connectivity index (χ0n) is 45.8. The predicted molar refractivity (Wildman–Crippen MR) is 455 cm³/mol. The molecule has 0 unspecified atom stereocenters. The van der Waals surface area contributed by atoms with Gasteiger partial charge in [0.1, 0.15) is 5.69 Å². The highest BCUT2D eigenvalue weighted by Crippen LogP contribution is 2.21. The Morgan fingerprint density at radius 2 is 0.639 bits per heavy atom. The number of ketones is 1. The number of nitrogens with two attached hydrogens (primary N) is 1. The number of carbonyl (C=O) groups is 2. The van der Waals surface area contributed by atoms with E-state index in [1.165, 1.54) is 146 Å². The van der Waals surface area contributed by atoms with Gasteiger partial charge in [-0.15, -0.1) is 0 Å². The largest absolute Gasteiger partial charge is 0.477 e. The maximum absolute atomic E-state index is 12.5. The van der Waals surface area contributed by atoms with E-state index >= 15 is 0 Å². The highest BCUT2D eigenvalue weighted by Gasteiger charge is 2.13. The van der Waals surface area contributed by atoms with E-state index in [-0.39, 0.29) is 5.78 Å². The number of para-hydroxylation sites is 2. The fourth-order valence-electron chi connectivity index (χ4n) is 7.08. The standard InChI is InChI=1S/C23H35NO.C12H27N.C10H9NO2.S32/c1-3-4-5-6-7-8-9-10-11-12-13-18-23(25)22-19-20-16-14-15-17-21(20)24(22)2;1-2-3-4-5-6-7-8-9-10-11-12-13;1-11-8-5-3-2-4-7(8)6-9(11)10(12)13;1-3-5-7-9-11-13-15-17-19-21-23-25-27-29-31-32-30-28-26-24-22-20-18-16-14-12-10-8-6-4-2/h14-17,19H,3-13,18H2,1-2H3;2-13H2,1H3;2-6H,1H3,(H,12,13);. The Hall–Kier alpha value is 3.66. The molecular formula is C45H71N3O3S32. The monoisotopic (exact) mass is 1720 g/mol. The van der Waals surface area contributed by atoms with Crippen molar-refractivity contribution < 1.29 is 14.7 Å². The molecular weight excluding hydrogens is 1660 g/mol. The molecule has 0 aliphatic heterocycles. The minimum atomic E-state index is -0.890. The third-order valence-electron chi connectivity index (χ3n) is 10.8. The summed E-state index contributed by atoms with van der Waals surface area (Å²) < 4.78 is 3.72. The summed E-state index contributed by atoms with van der Waals surface area (Å²) in [5, 5.41) is 11.0. The van der Waals surface area contributed by atoms with Gasteiger partial charge in [-0.1, -0.05) is 172 Å². The Morgan fingerprint density at radius 3 is 0.916 bits per heavy atom. The van der Waals surface area contributed by atoms with Crippen molar-refractivity contribution in [3.63, 3.8) is 0 Å². The number of rotatable bonds is 24. The van der Waals surface area contributed by atoms with E-state index in [4.69, 9.17) is 33.2 Å². The molecule has 0 aliphatic carbocycles. The number of hydrogen-bond donors (Lipinski definition) is 2. The van der Waals surface area contributed by atoms with E-state index < -0.39 is 5.97 Å². The Kier molecular flexibility index (Phi) is 67.0. The van der Waals surface area contributed by atoms with Gasteiger partial charge in [-0.2, -0.15) is 0 Å². The third-order valence-corrected chi connectivity index (χ3v) is 75.2. The van der Waals surface area contributed by atoms with E-state index in [0.29, 0.717) is 12.1 Å². The third kappa shape index (κ3) is 49.9. The number of carboxylic acids is 1. The van der Waals surface area contributed by atoms with Gasteiger partial charge in [0, 0.05) is 331 Å². The van der Waals surface area contributed by atoms with Crippen LogP contribution in [0.1, 0.15) is 176 Å². The molecule has 0 amide bonds. The molecule has 4 rings (SSSR count). The number of carbonyl (C=O) groups excluding carboxylic acids is 1. The van der Waals surface area contributed by atoms with Crippen LogP contribution in [0.15, 0.2) is 60.7 Å². The van der Waals surface area contributed by atoms with E-state index in [9.17, 15) is 9.59 Å². The highest BCUT2D eigenvalue weighted by atomic mass is 33.5. The second kappa shape index (κ2) is 65.7. The summed E-state index contributed by atoms with van der Waals surface area (Å²) in [5.74, 6) is -0.603. The maximum atomic E-state index is 12.5. The lowest BCUT2D eigenvalue weighted by Gasteiger charge is -2.04. The van der Waals surface area contributed by atoms with Gasteiger partial charge >= 0.3 is 5.97 Å². The van der Waals surface area contributed by atoms with Crippen LogP contribution in [0, 0.1) is 0 Å². The van der Waals surface area contributed by atoms with E-state index in [1.54, 1.807) is 124 Å². The number of Topliss-reactive ketones (excluding diaryl/α,β-unsaturated/α-hetero) is 1. The van der Waals surface area contributed by atoms with Crippen LogP contribution in [0.2, 0.25) is 0 Å². The van der Waals surface area contributed by atoms with Gasteiger partial charge in [0.25, 0.3) is 0 Å². The van der Waals surface area contributed by atoms with Gasteiger partial charge in [0.15, 0.2) is 5.78 Å². The van der Waals surface area contributed by atoms with Crippen LogP contribution < -0.4 is 5.73 Å². The van der Waals surface area contributed by atoms with Gasteiger partial charge in [-0.25, -0.2) is 4.79 Å². The van der Waals surface area contributed by atoms with Crippen molar-refractivity contribution in [2.45, 2.75) is 155 Å². The van der Waals surface area contributed by atoms with Crippen molar-refractivity contribution >= 4 is 322 Å². The van der Waals surface area contributed by atoms with Crippen molar-refractivity contribution in [2.75, 3.05) is 6.54 Å². The van der Waals surface area contributed by atoms with E-state index in [0.717, 1.165) is 40.5 Å². The molecule has 0 saturated carbocycles. The van der Waals surface area contributed by atoms with Gasteiger partial charge < -0.3 is 20.0 Å². The first kappa shape index (κ1) is 84.7. The van der Waals surface area contributed by atoms with Crippen molar-refractivity contribution in [3.8, 4) is 0 Å². The fourth-order valence-corrected chi connectivity index (χ4v) is 83.9. The summed E-state index contributed by atoms with van der Waals surface area (Å²) in [5.41, 5.74) is 8.69. The van der Waals surface area contributed by atoms with Gasteiger partial charge in [0.2, 0.25) is 0 Å². The van der Waals surface area contributed by atoms with Gasteiger partial charge in [-0.05, 0) is 43.7 Å². The molecule has 0 atom stereocenters. The molecule has 2 aromatic heterocycles. The average molecular weight is 1730 g/mol. The molecule has 0 saturated heterocycles. The molecule has 2 aromatic carbocycles. The van der Waals surface area contributed by atoms with Crippen molar-refractivity contribution in [1.82, 2.24) is 9.13 Å². The van der Waals surface area contributed by atoms with Crippen molar-refractivity contribution in [3.05, 3.63) is 72.1 Å². The number of hydrogen-bond acceptors (Lipinski definition) is 5. The summed E-state index contributed by atoms with van der Waals surface area (Å²) >= 11 is 9.58. The first-order chi connectivity index (χ1) is 40.8. The van der Waals surface area contributed by atoms with Crippen LogP contribution in [0.3, 0.4) is 0 Å². The van der Waals surface area contributed by atoms with Gasteiger partial charge in [0.05, 0.1) is 5.69 Å². The highest BCUT2D eigenvalue weighted by molar-refractivity contribution is 8.80. The fraction of sp³-hybridized carbons (Fsp3) is 0.600. The van der Waals surface area contributed by atoms with E-state index in [2.05, 4.69) is 26.0 Å². The molecule has 38 heteroatoms. The number of aromatic carboxylic acids is 1. The Morgan fingerprint density at radius 1 is 0.386 bits per heavy atom. The van der Waals surface area contributed by atoms with Crippen LogP contribution in [-0.2, 0) is 303 Å². The topological polar surface area (TPSA) is 90.2 Å². The molecule has 83 heavy (non-hydrogen) atoms. The smallest absolute Gasteiger partial charge is 0.352 e. The Labute approximate surface area is 589 Å². The number of aromatic nitrogens is 2. The zero-order chi connectivity index (χ0) is 60.3. The molecule has 4 aromatic rings. The number of carboxylic acid groups (broad SMARTS) is 1. The first-order valence-corrected chi connectivity index (χ1v) is 66.9. The molecule has 3 N–H and O–H groups in total. The van der Waals surface area contributed by atoms with Crippen molar-refractivity contribution in [1.29, 1.82) is 0 Å². The molecule has 0 spiro atoms. The quantitative estimate of drug-likeness (QED) is 0.0537. The Balaban J connectivity index is 0.000000592. The maximum Gasteiger partial charge on any atom is 0.352 e. The van der Waals surface area contributed by atoms with Crippen LogP contribution in [-0.4, -0.2) is 32.5 Å². The molecule has 0 radical (unpaired) electrons. The summed E-state index contributed by atoms with van der Waals surface area (Å²) in [4.78, 5) is 23.2. The lowest BCUT2D eigenvalue weighted by atomic mass is 10.0. The van der Waals surface area contributed by atoms with Crippen LogP contribution in [0.25, 0.3) is 21.8 Å². The second-order valence-corrected chi connectivity index (χ2v) is 69.4. The average Bonchev–Trinajstić information content (AvgIpc) is 3.77. The van der Waals surface area contributed by atoms with Gasteiger partial charge in [-0.3, -0.25) is 4.79 Å². The van der Waals surface area contributed by atoms with Crippen LogP contribution in [0.5, 0.6) is 0 Å². The predicted octanol–water partition coefficient (Wildman–Crippen LogP) is 12.7. The zero-order valence-corrected chi connectivity index (χ0v) is 72.0. The lowest BCUT2D eigenvalue weighted by Crippen LogP contribution is -2.05. The lowest BCUT2D eigenvalue weighted by molar-refractivity contribution is 0.0686. The number of benzene rings is 2. The summed E-state index contributed by atoms with van der Waals surface area (Å²) in [6.07, 6.45) is 29.1. The number of nitrogens with zero attached hydrogens (tertiary/aromatic N) is 2. The normalized spacial score (nSPS) is 9.65. The first-order valence-electron chi connectivity index (χ1n) is 25.6. The van der Waals surface area contributed by atoms with Crippen LogP contribution >= 0.6 is 0 Å². The minimum Gasteiger partial charge on any atom is -0.477 e. The number of unbranched alkanes of at least 4 members (excludes halogenated alkanes) is 19. The molecule has 6 nitrogen and oxygen atoms in total. The molecule has 0 fully saturated rings. The summed E-state index contributed by atoms with van der Waals surface area (Å²) in [6, 6.07) is 19.5. The van der Waals surface area contributed by atoms with E-state index in [1.807, 2.05) is 196 Å².